The Hall–Kier alpha value is -1.55. The number of aliphatic hydroxyl groups excluding tert-OH is 2. The third-order valence-corrected chi connectivity index (χ3v) is 6.91. The number of hydrogen-bond donors (Lipinski definition) is 2. The molecule has 1 saturated carbocycles. The zero-order chi connectivity index (χ0) is 20.8. The number of benzene rings is 2. The van der Waals surface area contributed by atoms with Crippen molar-refractivity contribution in [1.29, 1.82) is 0 Å². The Morgan fingerprint density at radius 3 is 2.41 bits per heavy atom. The molecule has 1 aliphatic carbocycles. The Labute approximate surface area is 179 Å². The van der Waals surface area contributed by atoms with Gasteiger partial charge in [-0.15, -0.1) is 11.6 Å². The number of hydrogen-bond acceptors (Lipinski definition) is 3. The van der Waals surface area contributed by atoms with E-state index in [-0.39, 0.29) is 18.6 Å². The fraction of sp³-hybridized carbons (Fsp3) is 0.520. The number of aliphatic hydroxyl groups is 2. The van der Waals surface area contributed by atoms with Crippen molar-refractivity contribution >= 4 is 11.6 Å². The van der Waals surface area contributed by atoms with E-state index in [0.29, 0.717) is 18.4 Å². The van der Waals surface area contributed by atoms with Crippen molar-refractivity contribution in [1.82, 2.24) is 0 Å². The molecule has 0 heterocycles. The molecule has 1 fully saturated rings. The highest BCUT2D eigenvalue weighted by Crippen LogP contribution is 2.39. The van der Waals surface area contributed by atoms with Crippen molar-refractivity contribution < 1.29 is 14.9 Å². The van der Waals surface area contributed by atoms with Gasteiger partial charge in [0.15, 0.2) is 0 Å². The Morgan fingerprint density at radius 1 is 1.00 bits per heavy atom. The summed E-state index contributed by atoms with van der Waals surface area (Å²) in [4.78, 5) is 0. The molecule has 3 atom stereocenters. The van der Waals surface area contributed by atoms with Crippen LogP contribution in [0.2, 0.25) is 0 Å². The predicted octanol–water partition coefficient (Wildman–Crippen LogP) is 5.32. The van der Waals surface area contributed by atoms with Crippen LogP contribution in [0.5, 0.6) is 5.75 Å². The molecule has 0 radical (unpaired) electrons. The molecule has 0 amide bonds. The summed E-state index contributed by atoms with van der Waals surface area (Å²) in [7, 11) is 0. The smallest absolute Gasteiger partial charge is 0.119 e. The minimum atomic E-state index is 0.0631. The normalized spacial score (nSPS) is 21.5. The van der Waals surface area contributed by atoms with Crippen LogP contribution in [0, 0.1) is 25.7 Å². The topological polar surface area (TPSA) is 49.7 Å². The lowest BCUT2D eigenvalue weighted by Crippen LogP contribution is -2.23. The van der Waals surface area contributed by atoms with E-state index in [0.717, 1.165) is 53.7 Å². The first-order chi connectivity index (χ1) is 14.0. The maximum atomic E-state index is 9.49. The molecule has 0 bridgehead atoms. The van der Waals surface area contributed by atoms with Crippen LogP contribution in [0.25, 0.3) is 0 Å². The quantitative estimate of drug-likeness (QED) is 0.543. The summed E-state index contributed by atoms with van der Waals surface area (Å²) in [5.41, 5.74) is 5.39. The van der Waals surface area contributed by atoms with Crippen LogP contribution in [0.15, 0.2) is 36.4 Å². The molecule has 2 aromatic rings. The summed E-state index contributed by atoms with van der Waals surface area (Å²) in [6.45, 7) is 4.84. The van der Waals surface area contributed by atoms with E-state index in [1.165, 1.54) is 12.0 Å². The summed E-state index contributed by atoms with van der Waals surface area (Å²) in [5.74, 6) is 1.84. The van der Waals surface area contributed by atoms with Gasteiger partial charge in [-0.3, -0.25) is 0 Å². The second kappa shape index (κ2) is 10.5. The van der Waals surface area contributed by atoms with Crippen LogP contribution < -0.4 is 4.74 Å². The molecule has 2 aromatic carbocycles. The molecular weight excluding hydrogens is 384 g/mol. The molecule has 0 spiro atoms. The molecular formula is C25H33ClO3. The van der Waals surface area contributed by atoms with Crippen molar-refractivity contribution in [3.05, 3.63) is 64.2 Å². The van der Waals surface area contributed by atoms with Gasteiger partial charge in [-0.1, -0.05) is 24.3 Å². The van der Waals surface area contributed by atoms with Gasteiger partial charge in [-0.05, 0) is 91.8 Å². The molecule has 3 nitrogen and oxygen atoms in total. The van der Waals surface area contributed by atoms with Gasteiger partial charge in [0.1, 0.15) is 5.75 Å². The van der Waals surface area contributed by atoms with Crippen molar-refractivity contribution in [2.75, 3.05) is 6.61 Å². The van der Waals surface area contributed by atoms with E-state index in [1.54, 1.807) is 0 Å². The van der Waals surface area contributed by atoms with Crippen LogP contribution in [0.4, 0.5) is 0 Å². The van der Waals surface area contributed by atoms with E-state index >= 15 is 0 Å². The number of aryl methyl sites for hydroxylation is 3. The zero-order valence-corrected chi connectivity index (χ0v) is 18.3. The second-order valence-electron chi connectivity index (χ2n) is 8.39. The van der Waals surface area contributed by atoms with Crippen molar-refractivity contribution in [3.63, 3.8) is 0 Å². The van der Waals surface area contributed by atoms with Gasteiger partial charge in [0, 0.05) is 11.3 Å². The van der Waals surface area contributed by atoms with Crippen molar-refractivity contribution in [2.45, 2.75) is 64.5 Å². The SMILES string of the molecule is Cc1cc(OC[C@H]2C(Cl)CC[C@@H]2CCCc2cccc(CO)c2)cc(C)c1CO. The largest absolute Gasteiger partial charge is 0.493 e. The molecule has 1 aliphatic rings. The third-order valence-electron chi connectivity index (χ3n) is 6.37. The fourth-order valence-corrected chi connectivity index (χ4v) is 5.03. The average Bonchev–Trinajstić information content (AvgIpc) is 3.06. The highest BCUT2D eigenvalue weighted by molar-refractivity contribution is 6.21. The Kier molecular flexibility index (Phi) is 7.99. The lowest BCUT2D eigenvalue weighted by molar-refractivity contribution is 0.208. The minimum absolute atomic E-state index is 0.0631. The maximum Gasteiger partial charge on any atom is 0.119 e. The van der Waals surface area contributed by atoms with Gasteiger partial charge in [0.05, 0.1) is 19.8 Å². The van der Waals surface area contributed by atoms with Gasteiger partial charge in [0.25, 0.3) is 0 Å². The average molecular weight is 417 g/mol. The summed E-state index contributed by atoms with van der Waals surface area (Å²) >= 11 is 6.64. The standard InChI is InChI=1S/C25H33ClO3/c1-17-11-22(12-18(2)23(17)15-28)29-16-24-21(9-10-25(24)26)8-4-6-19-5-3-7-20(13-19)14-27/h3,5,7,11-13,21,24-25,27-28H,4,6,8-10,14-16H2,1-2H3/t21-,24+,25?/m0/s1. The Morgan fingerprint density at radius 2 is 1.72 bits per heavy atom. The maximum absolute atomic E-state index is 9.49. The molecule has 1 unspecified atom stereocenters. The van der Waals surface area contributed by atoms with E-state index < -0.39 is 0 Å². The molecule has 0 aromatic heterocycles. The van der Waals surface area contributed by atoms with E-state index in [9.17, 15) is 10.2 Å². The summed E-state index contributed by atoms with van der Waals surface area (Å²) in [6, 6.07) is 12.2. The van der Waals surface area contributed by atoms with Gasteiger partial charge in [0.2, 0.25) is 0 Å². The number of alkyl halides is 1. The van der Waals surface area contributed by atoms with E-state index in [4.69, 9.17) is 16.3 Å². The zero-order valence-electron chi connectivity index (χ0n) is 17.5. The Bertz CT molecular complexity index is 781. The minimum Gasteiger partial charge on any atom is -0.493 e. The van der Waals surface area contributed by atoms with Gasteiger partial charge in [-0.2, -0.15) is 0 Å². The molecule has 158 valence electrons. The number of rotatable bonds is 9. The van der Waals surface area contributed by atoms with E-state index in [1.807, 2.05) is 38.1 Å². The van der Waals surface area contributed by atoms with Crippen LogP contribution in [-0.4, -0.2) is 22.2 Å². The number of halogens is 1. The predicted molar refractivity (Wildman–Crippen MR) is 118 cm³/mol. The summed E-state index contributed by atoms with van der Waals surface area (Å²) < 4.78 is 6.15. The first-order valence-corrected chi connectivity index (χ1v) is 11.1. The van der Waals surface area contributed by atoms with Gasteiger partial charge >= 0.3 is 0 Å². The van der Waals surface area contributed by atoms with Crippen LogP contribution in [0.3, 0.4) is 0 Å². The second-order valence-corrected chi connectivity index (χ2v) is 8.95. The highest BCUT2D eigenvalue weighted by atomic mass is 35.5. The van der Waals surface area contributed by atoms with Crippen LogP contribution in [0.1, 0.15) is 53.5 Å². The summed E-state index contributed by atoms with van der Waals surface area (Å²) in [5, 5.41) is 19.0. The van der Waals surface area contributed by atoms with Crippen molar-refractivity contribution in [2.24, 2.45) is 11.8 Å². The van der Waals surface area contributed by atoms with Crippen LogP contribution in [-0.2, 0) is 19.6 Å². The molecule has 0 saturated heterocycles. The first-order valence-electron chi connectivity index (χ1n) is 10.7. The van der Waals surface area contributed by atoms with Gasteiger partial charge < -0.3 is 14.9 Å². The molecule has 0 aliphatic heterocycles. The fourth-order valence-electron chi connectivity index (χ4n) is 4.63. The highest BCUT2D eigenvalue weighted by Gasteiger charge is 2.35. The molecule has 3 rings (SSSR count). The first kappa shape index (κ1) is 22.1. The van der Waals surface area contributed by atoms with E-state index in [2.05, 4.69) is 12.1 Å². The lowest BCUT2D eigenvalue weighted by Gasteiger charge is -2.23. The monoisotopic (exact) mass is 416 g/mol. The third kappa shape index (κ3) is 5.75. The molecule has 29 heavy (non-hydrogen) atoms. The van der Waals surface area contributed by atoms with Gasteiger partial charge in [-0.25, -0.2) is 0 Å². The number of ether oxygens (including phenoxy) is 1. The van der Waals surface area contributed by atoms with Crippen molar-refractivity contribution in [3.8, 4) is 5.75 Å². The molecule has 2 N–H and O–H groups in total. The Balaban J connectivity index is 1.54. The van der Waals surface area contributed by atoms with Crippen LogP contribution >= 0.6 is 11.6 Å². The lowest BCUT2D eigenvalue weighted by atomic mass is 9.90. The molecule has 4 heteroatoms. The summed E-state index contributed by atoms with van der Waals surface area (Å²) in [6.07, 6.45) is 5.54.